The average Bonchev–Trinajstić information content (AvgIpc) is 2.50. The van der Waals surface area contributed by atoms with E-state index in [1.165, 1.54) is 5.32 Å². The lowest BCUT2D eigenvalue weighted by Gasteiger charge is -2.35. The van der Waals surface area contributed by atoms with Gasteiger partial charge in [-0.2, -0.15) is 30.7 Å². The van der Waals surface area contributed by atoms with Crippen molar-refractivity contribution in [1.29, 1.82) is 0 Å². The monoisotopic (exact) mass is 385 g/mol. The summed E-state index contributed by atoms with van der Waals surface area (Å²) in [6, 6.07) is -2.48. The first-order valence-corrected chi connectivity index (χ1v) is 7.07. The number of nitrogens with one attached hydrogen (secondary N) is 1. The Morgan fingerprint density at radius 2 is 1.60 bits per heavy atom. The lowest BCUT2D eigenvalue weighted by Crippen LogP contribution is -2.61. The van der Waals surface area contributed by atoms with Crippen LogP contribution >= 0.6 is 0 Å². The molecule has 0 spiro atoms. The van der Waals surface area contributed by atoms with Gasteiger partial charge in [0.05, 0.1) is 19.6 Å². The molecule has 0 saturated carbocycles. The summed E-state index contributed by atoms with van der Waals surface area (Å²) in [6.45, 7) is 1.67. The van der Waals surface area contributed by atoms with Gasteiger partial charge >= 0.3 is 30.1 Å². The van der Waals surface area contributed by atoms with E-state index in [2.05, 4.69) is 9.47 Å². The van der Waals surface area contributed by atoms with Gasteiger partial charge in [-0.05, 0) is 6.42 Å². The van der Waals surface area contributed by atoms with Crippen LogP contribution in [0.25, 0.3) is 0 Å². The van der Waals surface area contributed by atoms with Crippen molar-refractivity contribution >= 4 is 12.1 Å². The second-order valence-electron chi connectivity index (χ2n) is 5.12. The summed E-state index contributed by atoms with van der Waals surface area (Å²) >= 11 is 0. The lowest BCUT2D eigenvalue weighted by atomic mass is 9.90. The number of hydrogen-bond acceptors (Lipinski definition) is 4. The molecule has 25 heavy (non-hydrogen) atoms. The first kappa shape index (κ1) is 23.2. The molecule has 148 valence electrons. The number of methoxy groups -OCH3 is 1. The fourth-order valence-electron chi connectivity index (χ4n) is 1.67. The summed E-state index contributed by atoms with van der Waals surface area (Å²) in [7, 11) is 0.780. The Hall–Kier alpha value is -1.75. The van der Waals surface area contributed by atoms with E-state index in [1.807, 2.05) is 0 Å². The normalized spacial score (nSPS) is 15.3. The molecule has 0 bridgehead atoms. The molecule has 0 aromatic rings. The third kappa shape index (κ3) is 5.36. The maximum Gasteiger partial charge on any atom is 0.459 e. The van der Waals surface area contributed by atoms with E-state index in [-0.39, 0.29) is 13.5 Å². The van der Waals surface area contributed by atoms with Crippen LogP contribution in [0.15, 0.2) is 0 Å². The number of alkyl carbamates (subject to hydrolysis) is 1. The van der Waals surface area contributed by atoms with Gasteiger partial charge in [0.15, 0.2) is 0 Å². The molecule has 2 unspecified atom stereocenters. The van der Waals surface area contributed by atoms with Crippen molar-refractivity contribution in [3.05, 3.63) is 0 Å². The number of hydrogen-bond donors (Lipinski definition) is 1. The van der Waals surface area contributed by atoms with Crippen LogP contribution in [0.4, 0.5) is 35.5 Å². The van der Waals surface area contributed by atoms with Crippen LogP contribution in [0.1, 0.15) is 26.7 Å². The Morgan fingerprint density at radius 3 is 2.00 bits per heavy atom. The van der Waals surface area contributed by atoms with Gasteiger partial charge in [0.2, 0.25) is 0 Å². The predicted molar refractivity (Wildman–Crippen MR) is 70.3 cm³/mol. The summed E-state index contributed by atoms with van der Waals surface area (Å²) in [6.07, 6.45) is -7.22. The highest BCUT2D eigenvalue weighted by molar-refractivity contribution is 5.81. The number of rotatable bonds is 8. The van der Waals surface area contributed by atoms with Gasteiger partial charge in [0.25, 0.3) is 0 Å². The van der Waals surface area contributed by atoms with Crippen molar-refractivity contribution in [2.24, 2.45) is 5.92 Å². The quantitative estimate of drug-likeness (QED) is 0.395. The molecule has 12 heteroatoms. The number of halogens is 7. The van der Waals surface area contributed by atoms with E-state index in [0.29, 0.717) is 12.8 Å². The Morgan fingerprint density at radius 1 is 1.08 bits per heavy atom. The fourth-order valence-corrected chi connectivity index (χ4v) is 1.67. The molecule has 0 fully saturated rings. The zero-order valence-corrected chi connectivity index (χ0v) is 13.6. The maximum atomic E-state index is 13.8. The van der Waals surface area contributed by atoms with Crippen molar-refractivity contribution in [1.82, 2.24) is 5.32 Å². The maximum absolute atomic E-state index is 13.8. The molecular weight excluding hydrogens is 367 g/mol. The highest BCUT2D eigenvalue weighted by atomic mass is 19.4. The molecular formula is C13H18F7NO4. The van der Waals surface area contributed by atoms with Crippen molar-refractivity contribution in [3.63, 3.8) is 0 Å². The van der Waals surface area contributed by atoms with E-state index < -0.39 is 42.0 Å². The largest absolute Gasteiger partial charge is 0.464 e. The van der Waals surface area contributed by atoms with Crippen LogP contribution in [-0.4, -0.2) is 49.8 Å². The zero-order valence-electron chi connectivity index (χ0n) is 13.6. The number of alkyl halides is 7. The van der Waals surface area contributed by atoms with E-state index in [4.69, 9.17) is 0 Å². The molecule has 0 radical (unpaired) electrons. The molecule has 0 heterocycles. The molecule has 0 aromatic heterocycles. The minimum Gasteiger partial charge on any atom is -0.464 e. The molecule has 1 amide bonds. The topological polar surface area (TPSA) is 64.6 Å². The van der Waals surface area contributed by atoms with Crippen LogP contribution in [0.5, 0.6) is 0 Å². The molecule has 2 atom stereocenters. The Balaban J connectivity index is 5.61. The summed E-state index contributed by atoms with van der Waals surface area (Å²) in [5, 5.41) is 1.51. The molecule has 0 rings (SSSR count). The summed E-state index contributed by atoms with van der Waals surface area (Å²) < 4.78 is 99.2. The van der Waals surface area contributed by atoms with Gasteiger partial charge in [-0.25, -0.2) is 9.59 Å². The number of ether oxygens (including phenoxy) is 2. The van der Waals surface area contributed by atoms with Crippen molar-refractivity contribution in [2.75, 3.05) is 13.7 Å². The van der Waals surface area contributed by atoms with Gasteiger partial charge in [-0.3, -0.25) is 0 Å². The van der Waals surface area contributed by atoms with E-state index in [9.17, 15) is 40.3 Å². The van der Waals surface area contributed by atoms with Gasteiger partial charge in [0, 0.05) is 0 Å². The molecule has 0 saturated heterocycles. The standard InChI is InChI=1S/C13H18F7NO4/c1-4-5-6-25-9(22)8(21-10(23)24-3)7(2)11(14,15)12(16,17)13(18,19)20/h7-8H,4-6H2,1-3H3,(H,21,23). The third-order valence-electron chi connectivity index (χ3n) is 3.30. The van der Waals surface area contributed by atoms with Gasteiger partial charge in [-0.15, -0.1) is 0 Å². The highest BCUT2D eigenvalue weighted by Gasteiger charge is 2.75. The number of carbonyl (C=O) groups excluding carboxylic acids is 2. The van der Waals surface area contributed by atoms with E-state index >= 15 is 0 Å². The van der Waals surface area contributed by atoms with Crippen LogP contribution in [-0.2, 0) is 14.3 Å². The fraction of sp³-hybridized carbons (Fsp3) is 0.846. The predicted octanol–water partition coefficient (Wildman–Crippen LogP) is 3.52. The van der Waals surface area contributed by atoms with Crippen LogP contribution < -0.4 is 5.32 Å². The lowest BCUT2D eigenvalue weighted by molar-refractivity contribution is -0.365. The number of carbonyl (C=O) groups is 2. The average molecular weight is 385 g/mol. The minimum atomic E-state index is -6.56. The number of amides is 1. The second-order valence-corrected chi connectivity index (χ2v) is 5.12. The minimum absolute atomic E-state index is 0.265. The van der Waals surface area contributed by atoms with Crippen molar-refractivity contribution < 1.29 is 49.8 Å². The van der Waals surface area contributed by atoms with Gasteiger partial charge in [0.1, 0.15) is 6.04 Å². The summed E-state index contributed by atoms with van der Waals surface area (Å²) in [5.74, 6) is -16.7. The molecule has 0 aliphatic carbocycles. The molecule has 0 aliphatic rings. The van der Waals surface area contributed by atoms with Crippen molar-refractivity contribution in [3.8, 4) is 0 Å². The van der Waals surface area contributed by atoms with E-state index in [0.717, 1.165) is 7.11 Å². The molecule has 0 aliphatic heterocycles. The molecule has 5 nitrogen and oxygen atoms in total. The van der Waals surface area contributed by atoms with Crippen LogP contribution in [0.3, 0.4) is 0 Å². The Labute approximate surface area is 138 Å². The summed E-state index contributed by atoms with van der Waals surface area (Å²) in [4.78, 5) is 22.9. The molecule has 0 aromatic carbocycles. The SMILES string of the molecule is CCCCOC(=O)C(NC(=O)OC)C(C)C(F)(F)C(F)(F)C(F)(F)F. The van der Waals surface area contributed by atoms with Gasteiger partial charge in [-0.1, -0.05) is 20.3 Å². The summed E-state index contributed by atoms with van der Waals surface area (Å²) in [5.41, 5.74) is 0. The van der Waals surface area contributed by atoms with Gasteiger partial charge < -0.3 is 14.8 Å². The Kier molecular flexibility index (Phi) is 7.97. The highest BCUT2D eigenvalue weighted by Crippen LogP contribution is 2.50. The smallest absolute Gasteiger partial charge is 0.459 e. The third-order valence-corrected chi connectivity index (χ3v) is 3.30. The van der Waals surface area contributed by atoms with Crippen LogP contribution in [0, 0.1) is 5.92 Å². The zero-order chi connectivity index (χ0) is 20.1. The molecule has 1 N–H and O–H groups in total. The first-order valence-electron chi connectivity index (χ1n) is 7.07. The number of unbranched alkanes of at least 4 members (excludes halogenated alkanes) is 1. The second kappa shape index (κ2) is 8.56. The van der Waals surface area contributed by atoms with E-state index in [1.54, 1.807) is 6.92 Å². The van der Waals surface area contributed by atoms with Crippen LogP contribution in [0.2, 0.25) is 0 Å². The first-order chi connectivity index (χ1) is 11.2. The number of esters is 1. The Bertz CT molecular complexity index is 468. The van der Waals surface area contributed by atoms with Crippen molar-refractivity contribution in [2.45, 2.75) is 50.8 Å².